The standard InChI is InChI=1S/C12H10F6O2.C11H13F3O4S.C8H8O/c1-2-8-3-5-9(6-4-8)20-7-10(19,11(13,14)15)12(16,17)18;1-8-3-5-9(6-4-8)19(16,17)18-7-10(2,15)11(12,13)14;1-2-7-3-5-8(9)6-4-7/h2-6,19H,1,7H2;3-6,15H,7H2,1-2H3;2-6,9H,1H2. The number of benzene rings is 3. The van der Waals surface area contributed by atoms with Crippen LogP contribution in [0.25, 0.3) is 12.2 Å². The minimum absolute atomic E-state index is 0.234. The minimum atomic E-state index is -5.90. The van der Waals surface area contributed by atoms with E-state index in [-0.39, 0.29) is 10.6 Å². The Balaban J connectivity index is 0.000000384. The number of ether oxygens (including phenoxy) is 1. The van der Waals surface area contributed by atoms with E-state index in [1.807, 2.05) is 12.1 Å². The highest BCUT2D eigenvalue weighted by Crippen LogP contribution is 2.43. The van der Waals surface area contributed by atoms with Crippen molar-refractivity contribution in [2.75, 3.05) is 13.2 Å². The molecule has 0 aliphatic heterocycles. The Morgan fingerprint density at radius 2 is 1.10 bits per heavy atom. The molecule has 3 aromatic carbocycles. The van der Waals surface area contributed by atoms with Crippen molar-refractivity contribution in [1.82, 2.24) is 0 Å². The number of alkyl halides is 9. The topological polar surface area (TPSA) is 113 Å². The summed E-state index contributed by atoms with van der Waals surface area (Å²) >= 11 is 0. The van der Waals surface area contributed by atoms with Crippen molar-refractivity contribution < 1.29 is 72.2 Å². The van der Waals surface area contributed by atoms with Gasteiger partial charge in [-0.2, -0.15) is 47.9 Å². The molecule has 0 bridgehead atoms. The molecule has 0 spiro atoms. The zero-order chi connectivity index (χ0) is 37.2. The fraction of sp³-hybridized carbons (Fsp3) is 0.290. The van der Waals surface area contributed by atoms with E-state index in [1.165, 1.54) is 54.6 Å². The maximum Gasteiger partial charge on any atom is 0.429 e. The lowest BCUT2D eigenvalue weighted by molar-refractivity contribution is -0.373. The fourth-order valence-corrected chi connectivity index (χ4v) is 3.86. The second kappa shape index (κ2) is 16.4. The Labute approximate surface area is 270 Å². The summed E-state index contributed by atoms with van der Waals surface area (Å²) in [6.07, 6.45) is -13.6. The number of rotatable bonds is 9. The van der Waals surface area contributed by atoms with Crippen LogP contribution in [0.4, 0.5) is 39.5 Å². The minimum Gasteiger partial charge on any atom is -0.508 e. The number of aliphatic hydroxyl groups is 2. The van der Waals surface area contributed by atoms with Gasteiger partial charge in [-0.25, -0.2) is 0 Å². The van der Waals surface area contributed by atoms with Gasteiger partial charge < -0.3 is 20.1 Å². The average Bonchev–Trinajstić information content (AvgIpc) is 2.99. The second-order valence-corrected chi connectivity index (χ2v) is 11.6. The first-order chi connectivity index (χ1) is 21.8. The Hall–Kier alpha value is -4.06. The van der Waals surface area contributed by atoms with E-state index in [0.29, 0.717) is 18.2 Å². The number of aromatic hydroxyl groups is 1. The van der Waals surface area contributed by atoms with E-state index in [4.69, 9.17) is 15.3 Å². The van der Waals surface area contributed by atoms with Crippen LogP contribution in [-0.2, 0) is 14.3 Å². The monoisotopic (exact) mass is 718 g/mol. The van der Waals surface area contributed by atoms with Crippen LogP contribution in [0.15, 0.2) is 90.8 Å². The Morgan fingerprint density at radius 1 is 0.688 bits per heavy atom. The fourth-order valence-electron chi connectivity index (χ4n) is 2.87. The molecule has 3 rings (SSSR count). The van der Waals surface area contributed by atoms with Gasteiger partial charge in [0.2, 0.25) is 0 Å². The predicted octanol–water partition coefficient (Wildman–Crippen LogP) is 7.61. The number of halogens is 9. The number of phenolic OH excluding ortho intramolecular Hbond substituents is 1. The van der Waals surface area contributed by atoms with Gasteiger partial charge in [-0.1, -0.05) is 67.3 Å². The van der Waals surface area contributed by atoms with Crippen molar-refractivity contribution in [3.63, 3.8) is 0 Å². The zero-order valence-electron chi connectivity index (χ0n) is 25.2. The van der Waals surface area contributed by atoms with Gasteiger partial charge in [0.25, 0.3) is 15.7 Å². The third-order valence-corrected chi connectivity index (χ3v) is 7.32. The summed E-state index contributed by atoms with van der Waals surface area (Å²) in [5.74, 6) is 0.0584. The molecule has 0 radical (unpaired) electrons. The highest BCUT2D eigenvalue weighted by atomic mass is 32.2. The smallest absolute Gasteiger partial charge is 0.429 e. The van der Waals surface area contributed by atoms with Crippen LogP contribution in [0.5, 0.6) is 11.5 Å². The Kier molecular flexibility index (Phi) is 14.3. The summed E-state index contributed by atoms with van der Waals surface area (Å²) in [7, 11) is -4.33. The summed E-state index contributed by atoms with van der Waals surface area (Å²) in [6, 6.07) is 17.4. The highest BCUT2D eigenvalue weighted by Gasteiger charge is 2.71. The summed E-state index contributed by atoms with van der Waals surface area (Å²) < 4.78 is 143. The zero-order valence-corrected chi connectivity index (χ0v) is 26.0. The van der Waals surface area contributed by atoms with E-state index in [1.54, 1.807) is 25.1 Å². The van der Waals surface area contributed by atoms with Crippen molar-refractivity contribution in [3.05, 3.63) is 103 Å². The largest absolute Gasteiger partial charge is 0.508 e. The highest BCUT2D eigenvalue weighted by molar-refractivity contribution is 7.86. The van der Waals surface area contributed by atoms with Crippen LogP contribution in [-0.4, -0.2) is 66.7 Å². The molecule has 0 saturated heterocycles. The van der Waals surface area contributed by atoms with Crippen molar-refractivity contribution >= 4 is 22.3 Å². The van der Waals surface area contributed by atoms with Crippen LogP contribution in [0.3, 0.4) is 0 Å². The second-order valence-electron chi connectivity index (χ2n) is 10.0. The van der Waals surface area contributed by atoms with Gasteiger partial charge in [-0.3, -0.25) is 4.18 Å². The van der Waals surface area contributed by atoms with Crippen LogP contribution in [0, 0.1) is 6.92 Å². The maximum atomic E-state index is 12.4. The first-order valence-corrected chi connectivity index (χ1v) is 14.6. The van der Waals surface area contributed by atoms with Crippen LogP contribution < -0.4 is 4.74 Å². The van der Waals surface area contributed by atoms with Gasteiger partial charge >= 0.3 is 18.5 Å². The summed E-state index contributed by atoms with van der Waals surface area (Å²) in [6.45, 7) is 5.81. The lowest BCUT2D eigenvalue weighted by Crippen LogP contribution is -2.60. The van der Waals surface area contributed by atoms with Gasteiger partial charge in [-0.05, 0) is 61.4 Å². The normalized spacial score (nSPS) is 13.5. The summed E-state index contributed by atoms with van der Waals surface area (Å²) in [4.78, 5) is -0.268. The Bertz CT molecular complexity index is 1550. The third-order valence-electron chi connectivity index (χ3n) is 6.05. The number of phenols is 1. The maximum absolute atomic E-state index is 12.4. The molecule has 1 unspecified atom stereocenters. The molecule has 0 aliphatic rings. The van der Waals surface area contributed by atoms with Crippen molar-refractivity contribution in [1.29, 1.82) is 0 Å². The molecule has 3 aromatic rings. The summed E-state index contributed by atoms with van der Waals surface area (Å²) in [5.41, 5.74) is -5.73. The van der Waals surface area contributed by atoms with E-state index >= 15 is 0 Å². The molecular formula is C31H31F9O7S. The van der Waals surface area contributed by atoms with Gasteiger partial charge in [0.15, 0.2) is 5.60 Å². The molecule has 3 N–H and O–H groups in total. The number of aryl methyl sites for hydroxylation is 1. The van der Waals surface area contributed by atoms with Gasteiger partial charge in [0.05, 0.1) is 4.90 Å². The number of hydrogen-bond donors (Lipinski definition) is 3. The molecule has 0 amide bonds. The Morgan fingerprint density at radius 3 is 1.48 bits per heavy atom. The first-order valence-electron chi connectivity index (χ1n) is 13.2. The molecule has 0 heterocycles. The van der Waals surface area contributed by atoms with Crippen LogP contribution >= 0.6 is 0 Å². The summed E-state index contributed by atoms with van der Waals surface area (Å²) in [5, 5.41) is 26.8. The van der Waals surface area contributed by atoms with Gasteiger partial charge in [0.1, 0.15) is 24.7 Å². The van der Waals surface area contributed by atoms with Crippen LogP contribution in [0.2, 0.25) is 0 Å². The van der Waals surface area contributed by atoms with Gasteiger partial charge in [0, 0.05) is 0 Å². The predicted molar refractivity (Wildman–Crippen MR) is 158 cm³/mol. The molecule has 0 fully saturated rings. The van der Waals surface area contributed by atoms with Crippen molar-refractivity contribution in [2.24, 2.45) is 0 Å². The van der Waals surface area contributed by atoms with E-state index in [9.17, 15) is 47.9 Å². The van der Waals surface area contributed by atoms with Gasteiger partial charge in [-0.15, -0.1) is 0 Å². The molecule has 17 heteroatoms. The van der Waals surface area contributed by atoms with E-state index in [0.717, 1.165) is 11.1 Å². The SMILES string of the molecule is C=Cc1ccc(O)cc1.C=Cc1ccc(OCC(O)(C(F)(F)F)C(F)(F)F)cc1.Cc1ccc(S(=O)(=O)OCC(C)(O)C(F)(F)F)cc1. The first kappa shape index (κ1) is 42.0. The van der Waals surface area contributed by atoms with Crippen molar-refractivity contribution in [3.8, 4) is 11.5 Å². The average molecular weight is 719 g/mol. The molecule has 0 aliphatic carbocycles. The lowest BCUT2D eigenvalue weighted by Gasteiger charge is -2.31. The van der Waals surface area contributed by atoms with E-state index < -0.39 is 53.1 Å². The van der Waals surface area contributed by atoms with E-state index in [2.05, 4.69) is 22.1 Å². The van der Waals surface area contributed by atoms with Crippen molar-refractivity contribution in [2.45, 2.75) is 48.5 Å². The molecule has 7 nitrogen and oxygen atoms in total. The van der Waals surface area contributed by atoms with Crippen LogP contribution in [0.1, 0.15) is 23.6 Å². The third kappa shape index (κ3) is 12.2. The number of hydrogen-bond acceptors (Lipinski definition) is 7. The molecule has 48 heavy (non-hydrogen) atoms. The molecule has 0 aromatic heterocycles. The quantitative estimate of drug-likeness (QED) is 0.154. The lowest BCUT2D eigenvalue weighted by atomic mass is 10.0. The molecule has 266 valence electrons. The molecular weight excluding hydrogens is 687 g/mol. The molecule has 1 atom stereocenters. The molecule has 0 saturated carbocycles.